The molecular formula is C13H19FN2O3S. The van der Waals surface area contributed by atoms with E-state index in [4.69, 9.17) is 0 Å². The maximum Gasteiger partial charge on any atom is 0.303 e. The van der Waals surface area contributed by atoms with Gasteiger partial charge < -0.3 is 0 Å². The number of amides is 1. The largest absolute Gasteiger partial charge is 0.303 e. The number of hydrogen-bond acceptors (Lipinski definition) is 3. The van der Waals surface area contributed by atoms with Crippen LogP contribution in [0.2, 0.25) is 0 Å². The summed E-state index contributed by atoms with van der Waals surface area (Å²) in [5.74, 6) is -1.90. The summed E-state index contributed by atoms with van der Waals surface area (Å²) in [6.07, 6.45) is 0. The zero-order valence-corrected chi connectivity index (χ0v) is 12.6. The molecule has 1 amide bonds. The normalized spacial score (nSPS) is 13.2. The Morgan fingerprint density at radius 2 is 1.95 bits per heavy atom. The van der Waals surface area contributed by atoms with Gasteiger partial charge in [-0.2, -0.15) is 12.7 Å². The lowest BCUT2D eigenvalue weighted by atomic mass is 10.0. The van der Waals surface area contributed by atoms with Crippen molar-refractivity contribution in [3.8, 4) is 0 Å². The summed E-state index contributed by atoms with van der Waals surface area (Å²) < 4.78 is 40.1. The van der Waals surface area contributed by atoms with Gasteiger partial charge in [0.15, 0.2) is 0 Å². The average molecular weight is 302 g/mol. The van der Waals surface area contributed by atoms with Gasteiger partial charge in [-0.25, -0.2) is 9.11 Å². The second-order valence-corrected chi connectivity index (χ2v) is 6.00. The molecule has 5 nitrogen and oxygen atoms in total. The molecule has 0 heterocycles. The number of halogens is 1. The van der Waals surface area contributed by atoms with Gasteiger partial charge in [0.25, 0.3) is 0 Å². The van der Waals surface area contributed by atoms with Gasteiger partial charge >= 0.3 is 10.2 Å². The molecule has 1 aromatic carbocycles. The standard InChI is InChI=1S/C13H19FN2O3S/c1-4-16(5-2)20(18,19)15-13(17)10(3)11-7-6-8-12(14)9-11/h6-10H,4-5H2,1-3H3,(H,15,17)/t10-/m1/s1. The van der Waals surface area contributed by atoms with Gasteiger partial charge in [-0.05, 0) is 24.6 Å². The van der Waals surface area contributed by atoms with Gasteiger partial charge in [0.1, 0.15) is 5.82 Å². The molecule has 0 aliphatic carbocycles. The summed E-state index contributed by atoms with van der Waals surface area (Å²) in [7, 11) is -3.84. The van der Waals surface area contributed by atoms with Crippen LogP contribution in [0, 0.1) is 5.82 Å². The summed E-state index contributed by atoms with van der Waals surface area (Å²) in [6.45, 7) is 5.44. The number of carbonyl (C=O) groups excluding carboxylic acids is 1. The van der Waals surface area contributed by atoms with Crippen LogP contribution < -0.4 is 4.72 Å². The van der Waals surface area contributed by atoms with Crippen molar-refractivity contribution in [1.29, 1.82) is 0 Å². The van der Waals surface area contributed by atoms with Crippen molar-refractivity contribution in [2.24, 2.45) is 0 Å². The van der Waals surface area contributed by atoms with Crippen LogP contribution in [0.15, 0.2) is 24.3 Å². The third-order valence-corrected chi connectivity index (χ3v) is 4.67. The molecule has 0 fully saturated rings. The van der Waals surface area contributed by atoms with E-state index in [9.17, 15) is 17.6 Å². The molecule has 0 aromatic heterocycles. The first-order chi connectivity index (χ1) is 9.31. The quantitative estimate of drug-likeness (QED) is 0.868. The van der Waals surface area contributed by atoms with E-state index in [1.807, 2.05) is 4.72 Å². The van der Waals surface area contributed by atoms with E-state index in [1.54, 1.807) is 19.9 Å². The molecule has 20 heavy (non-hydrogen) atoms. The van der Waals surface area contributed by atoms with Crippen LogP contribution >= 0.6 is 0 Å². The molecule has 1 N–H and O–H groups in total. The van der Waals surface area contributed by atoms with Gasteiger partial charge in [0.2, 0.25) is 5.91 Å². The van der Waals surface area contributed by atoms with Crippen LogP contribution in [0.4, 0.5) is 4.39 Å². The Hall–Kier alpha value is -1.47. The van der Waals surface area contributed by atoms with Gasteiger partial charge in [0, 0.05) is 13.1 Å². The van der Waals surface area contributed by atoms with Crippen LogP contribution in [-0.4, -0.2) is 31.7 Å². The van der Waals surface area contributed by atoms with Crippen LogP contribution in [0.3, 0.4) is 0 Å². The van der Waals surface area contributed by atoms with Crippen molar-refractivity contribution in [2.75, 3.05) is 13.1 Å². The third kappa shape index (κ3) is 4.01. The predicted octanol–water partition coefficient (Wildman–Crippen LogP) is 1.63. The molecule has 0 saturated heterocycles. The molecular weight excluding hydrogens is 283 g/mol. The van der Waals surface area contributed by atoms with E-state index in [1.165, 1.54) is 25.1 Å². The molecule has 1 rings (SSSR count). The van der Waals surface area contributed by atoms with Crippen molar-refractivity contribution in [3.05, 3.63) is 35.6 Å². The summed E-state index contributed by atoms with van der Waals surface area (Å²) in [6, 6.07) is 5.54. The first-order valence-electron chi connectivity index (χ1n) is 6.39. The Labute approximate surface area is 119 Å². The molecule has 0 aliphatic heterocycles. The predicted molar refractivity (Wildman–Crippen MR) is 74.8 cm³/mol. The third-order valence-electron chi connectivity index (χ3n) is 3.02. The number of rotatable bonds is 6. The Kier molecular flexibility index (Phi) is 5.64. The molecule has 1 atom stereocenters. The first kappa shape index (κ1) is 16.6. The summed E-state index contributed by atoms with van der Waals surface area (Å²) in [5, 5.41) is 0. The molecule has 0 spiro atoms. The first-order valence-corrected chi connectivity index (χ1v) is 7.83. The van der Waals surface area contributed by atoms with E-state index in [0.29, 0.717) is 5.56 Å². The Bertz CT molecular complexity index is 571. The molecule has 0 unspecified atom stereocenters. The van der Waals surface area contributed by atoms with E-state index in [2.05, 4.69) is 0 Å². The fourth-order valence-electron chi connectivity index (χ4n) is 1.77. The van der Waals surface area contributed by atoms with Gasteiger partial charge in [0.05, 0.1) is 5.92 Å². The molecule has 0 bridgehead atoms. The maximum atomic E-state index is 13.1. The number of benzene rings is 1. The average Bonchev–Trinajstić information content (AvgIpc) is 2.38. The zero-order chi connectivity index (χ0) is 15.3. The van der Waals surface area contributed by atoms with Crippen LogP contribution in [0.25, 0.3) is 0 Å². The van der Waals surface area contributed by atoms with Crippen LogP contribution in [-0.2, 0) is 15.0 Å². The molecule has 0 radical (unpaired) electrons. The SMILES string of the molecule is CCN(CC)S(=O)(=O)NC(=O)[C@H](C)c1cccc(F)c1. The van der Waals surface area contributed by atoms with E-state index < -0.39 is 27.9 Å². The van der Waals surface area contributed by atoms with Crippen molar-refractivity contribution in [3.63, 3.8) is 0 Å². The Morgan fingerprint density at radius 3 is 2.45 bits per heavy atom. The highest BCUT2D eigenvalue weighted by Gasteiger charge is 2.25. The highest BCUT2D eigenvalue weighted by atomic mass is 32.2. The number of nitrogens with one attached hydrogen (secondary N) is 1. The number of nitrogens with zero attached hydrogens (tertiary/aromatic N) is 1. The lowest BCUT2D eigenvalue weighted by Gasteiger charge is -2.20. The van der Waals surface area contributed by atoms with Gasteiger partial charge in [-0.1, -0.05) is 26.0 Å². The molecule has 112 valence electrons. The second-order valence-electron chi connectivity index (χ2n) is 4.33. The molecule has 0 saturated carbocycles. The highest BCUT2D eigenvalue weighted by molar-refractivity contribution is 7.87. The van der Waals surface area contributed by atoms with E-state index in [-0.39, 0.29) is 13.1 Å². The Morgan fingerprint density at radius 1 is 1.35 bits per heavy atom. The van der Waals surface area contributed by atoms with Crippen molar-refractivity contribution < 1.29 is 17.6 Å². The monoisotopic (exact) mass is 302 g/mol. The van der Waals surface area contributed by atoms with Crippen molar-refractivity contribution >= 4 is 16.1 Å². The minimum Gasteiger partial charge on any atom is -0.273 e. The Balaban J connectivity index is 2.86. The summed E-state index contributed by atoms with van der Waals surface area (Å²) in [4.78, 5) is 12.0. The maximum absolute atomic E-state index is 13.1. The molecule has 7 heteroatoms. The number of carbonyl (C=O) groups is 1. The lowest BCUT2D eigenvalue weighted by Crippen LogP contribution is -2.44. The summed E-state index contributed by atoms with van der Waals surface area (Å²) in [5.41, 5.74) is 0.428. The minimum atomic E-state index is -3.84. The van der Waals surface area contributed by atoms with Crippen molar-refractivity contribution in [2.45, 2.75) is 26.7 Å². The van der Waals surface area contributed by atoms with E-state index >= 15 is 0 Å². The van der Waals surface area contributed by atoms with Gasteiger partial charge in [-0.15, -0.1) is 0 Å². The topological polar surface area (TPSA) is 66.5 Å². The summed E-state index contributed by atoms with van der Waals surface area (Å²) >= 11 is 0. The second kappa shape index (κ2) is 6.81. The van der Waals surface area contributed by atoms with Crippen LogP contribution in [0.1, 0.15) is 32.3 Å². The number of hydrogen-bond donors (Lipinski definition) is 1. The van der Waals surface area contributed by atoms with Gasteiger partial charge in [-0.3, -0.25) is 4.79 Å². The lowest BCUT2D eigenvalue weighted by molar-refractivity contribution is -0.120. The molecule has 1 aromatic rings. The zero-order valence-electron chi connectivity index (χ0n) is 11.8. The minimum absolute atomic E-state index is 0.271. The fourth-order valence-corrected chi connectivity index (χ4v) is 3.01. The smallest absolute Gasteiger partial charge is 0.273 e. The fraction of sp³-hybridized carbons (Fsp3) is 0.462. The van der Waals surface area contributed by atoms with E-state index in [0.717, 1.165) is 4.31 Å². The highest BCUT2D eigenvalue weighted by Crippen LogP contribution is 2.16. The molecule has 0 aliphatic rings. The van der Waals surface area contributed by atoms with Crippen LogP contribution in [0.5, 0.6) is 0 Å². The van der Waals surface area contributed by atoms with Crippen molar-refractivity contribution in [1.82, 2.24) is 9.03 Å².